The van der Waals surface area contributed by atoms with Crippen LogP contribution in [0.15, 0.2) is 30.3 Å². The third-order valence-corrected chi connectivity index (χ3v) is 4.30. The van der Waals surface area contributed by atoms with Gasteiger partial charge >= 0.3 is 0 Å². The lowest BCUT2D eigenvalue weighted by Crippen LogP contribution is -2.43. The maximum Gasteiger partial charge on any atom is 0.163 e. The first-order chi connectivity index (χ1) is 10.4. The lowest BCUT2D eigenvalue weighted by atomic mass is 9.98. The number of ether oxygens (including phenoxy) is 2. The topological polar surface area (TPSA) is 30.5 Å². The van der Waals surface area contributed by atoms with E-state index in [0.29, 0.717) is 24.6 Å². The highest BCUT2D eigenvalue weighted by molar-refractivity contribution is 5.18. The lowest BCUT2D eigenvalue weighted by Gasteiger charge is -2.29. The summed E-state index contributed by atoms with van der Waals surface area (Å²) in [4.78, 5) is 0. The molecule has 1 aliphatic rings. The van der Waals surface area contributed by atoms with E-state index in [4.69, 9.17) is 9.47 Å². The maximum atomic E-state index is 6.10. The van der Waals surface area contributed by atoms with Gasteiger partial charge in [-0.15, -0.1) is 0 Å². The highest BCUT2D eigenvalue weighted by Crippen LogP contribution is 2.27. The molecule has 2 rings (SSSR count). The molecule has 0 unspecified atom stereocenters. The van der Waals surface area contributed by atoms with Gasteiger partial charge in [0.25, 0.3) is 0 Å². The van der Waals surface area contributed by atoms with Crippen molar-refractivity contribution in [3.8, 4) is 0 Å². The number of nitrogens with one attached hydrogen (secondary N) is 1. The molecule has 0 saturated carbocycles. The Labute approximate surface area is 135 Å². The molecular formula is C19H31NO2. The molecule has 22 heavy (non-hydrogen) atoms. The summed E-state index contributed by atoms with van der Waals surface area (Å²) in [6.07, 6.45) is 2.43. The van der Waals surface area contributed by atoms with E-state index in [1.54, 1.807) is 0 Å². The van der Waals surface area contributed by atoms with Crippen LogP contribution < -0.4 is 5.32 Å². The molecule has 3 nitrogen and oxygen atoms in total. The minimum absolute atomic E-state index is 0.125. The molecule has 0 spiro atoms. The van der Waals surface area contributed by atoms with E-state index < -0.39 is 5.79 Å². The minimum atomic E-state index is -0.460. The van der Waals surface area contributed by atoms with Crippen molar-refractivity contribution < 1.29 is 9.47 Å². The first-order valence-electron chi connectivity index (χ1n) is 8.50. The fourth-order valence-electron chi connectivity index (χ4n) is 2.96. The number of rotatable bonds is 7. The predicted octanol–water partition coefficient (Wildman–Crippen LogP) is 4.29. The first kappa shape index (κ1) is 17.5. The quantitative estimate of drug-likeness (QED) is 0.815. The van der Waals surface area contributed by atoms with Crippen LogP contribution in [0.1, 0.15) is 59.1 Å². The Morgan fingerprint density at radius 1 is 1.14 bits per heavy atom. The molecular weight excluding hydrogens is 274 g/mol. The van der Waals surface area contributed by atoms with Gasteiger partial charge in [0.1, 0.15) is 0 Å². The molecule has 0 bridgehead atoms. The molecule has 0 aliphatic carbocycles. The molecule has 1 aromatic rings. The SMILES string of the molecule is CC(C)CC[C@@H](N[C@H](C)c1ccccc1)[C@@H]1COC(C)(C)O1. The average Bonchev–Trinajstić information content (AvgIpc) is 2.84. The molecule has 1 N–H and O–H groups in total. The third-order valence-electron chi connectivity index (χ3n) is 4.30. The minimum Gasteiger partial charge on any atom is -0.348 e. The predicted molar refractivity (Wildman–Crippen MR) is 90.8 cm³/mol. The van der Waals surface area contributed by atoms with Crippen LogP contribution in [0.3, 0.4) is 0 Å². The fourth-order valence-corrected chi connectivity index (χ4v) is 2.96. The summed E-state index contributed by atoms with van der Waals surface area (Å²) in [5, 5.41) is 3.76. The van der Waals surface area contributed by atoms with Crippen molar-refractivity contribution in [1.29, 1.82) is 0 Å². The molecule has 0 radical (unpaired) electrons. The molecule has 1 aliphatic heterocycles. The molecule has 0 aromatic heterocycles. The summed E-state index contributed by atoms with van der Waals surface area (Å²) in [5.41, 5.74) is 1.32. The summed E-state index contributed by atoms with van der Waals surface area (Å²) in [5.74, 6) is 0.241. The molecule has 0 amide bonds. The van der Waals surface area contributed by atoms with Gasteiger partial charge in [-0.3, -0.25) is 0 Å². The van der Waals surface area contributed by atoms with Crippen LogP contribution in [0.25, 0.3) is 0 Å². The van der Waals surface area contributed by atoms with Crippen LogP contribution >= 0.6 is 0 Å². The van der Waals surface area contributed by atoms with Gasteiger partial charge in [0.05, 0.1) is 12.7 Å². The first-order valence-corrected chi connectivity index (χ1v) is 8.50. The Kier molecular flexibility index (Phi) is 6.01. The molecule has 1 aromatic carbocycles. The van der Waals surface area contributed by atoms with E-state index in [2.05, 4.69) is 56.4 Å². The summed E-state index contributed by atoms with van der Waals surface area (Å²) < 4.78 is 11.9. The Morgan fingerprint density at radius 2 is 1.82 bits per heavy atom. The van der Waals surface area contributed by atoms with Crippen molar-refractivity contribution in [2.24, 2.45) is 5.92 Å². The Hall–Kier alpha value is -0.900. The van der Waals surface area contributed by atoms with E-state index in [1.807, 2.05) is 13.8 Å². The zero-order chi connectivity index (χ0) is 16.2. The van der Waals surface area contributed by atoms with Crippen molar-refractivity contribution in [3.05, 3.63) is 35.9 Å². The number of hydrogen-bond acceptors (Lipinski definition) is 3. The van der Waals surface area contributed by atoms with Gasteiger partial charge in [0, 0.05) is 12.1 Å². The monoisotopic (exact) mass is 305 g/mol. The smallest absolute Gasteiger partial charge is 0.163 e. The van der Waals surface area contributed by atoms with E-state index in [0.717, 1.165) is 6.42 Å². The van der Waals surface area contributed by atoms with Gasteiger partial charge in [0.15, 0.2) is 5.79 Å². The second-order valence-electron chi connectivity index (χ2n) is 7.24. The summed E-state index contributed by atoms with van der Waals surface area (Å²) in [6, 6.07) is 11.2. The van der Waals surface area contributed by atoms with Crippen molar-refractivity contribution in [3.63, 3.8) is 0 Å². The van der Waals surface area contributed by atoms with E-state index >= 15 is 0 Å². The normalized spacial score (nSPS) is 23.6. The summed E-state index contributed by atoms with van der Waals surface area (Å²) >= 11 is 0. The van der Waals surface area contributed by atoms with Crippen LogP contribution in [0.2, 0.25) is 0 Å². The van der Waals surface area contributed by atoms with Gasteiger partial charge in [-0.25, -0.2) is 0 Å². The largest absolute Gasteiger partial charge is 0.348 e. The number of benzene rings is 1. The van der Waals surface area contributed by atoms with Crippen molar-refractivity contribution in [2.75, 3.05) is 6.61 Å². The van der Waals surface area contributed by atoms with Crippen molar-refractivity contribution in [2.45, 2.75) is 71.4 Å². The maximum absolute atomic E-state index is 6.10. The standard InChI is InChI=1S/C19H31NO2/c1-14(2)11-12-17(18-13-21-19(4,5)22-18)20-15(3)16-9-7-6-8-10-16/h6-10,14-15,17-18,20H,11-13H2,1-5H3/t15-,17-,18+/m1/s1. The summed E-state index contributed by atoms with van der Waals surface area (Å²) in [6.45, 7) is 11.4. The van der Waals surface area contributed by atoms with Gasteiger partial charge in [-0.1, -0.05) is 44.2 Å². The third kappa shape index (κ3) is 5.08. The fraction of sp³-hybridized carbons (Fsp3) is 0.684. The second kappa shape index (κ2) is 7.58. The van der Waals surface area contributed by atoms with E-state index in [1.165, 1.54) is 12.0 Å². The molecule has 3 heteroatoms. The van der Waals surface area contributed by atoms with E-state index in [-0.39, 0.29) is 6.10 Å². The van der Waals surface area contributed by atoms with Gasteiger partial charge in [-0.05, 0) is 45.1 Å². The zero-order valence-corrected chi connectivity index (χ0v) is 14.6. The van der Waals surface area contributed by atoms with E-state index in [9.17, 15) is 0 Å². The molecule has 124 valence electrons. The van der Waals surface area contributed by atoms with Crippen LogP contribution in [0.5, 0.6) is 0 Å². The van der Waals surface area contributed by atoms with Gasteiger partial charge < -0.3 is 14.8 Å². The van der Waals surface area contributed by atoms with Crippen molar-refractivity contribution in [1.82, 2.24) is 5.32 Å². The Balaban J connectivity index is 2.01. The lowest BCUT2D eigenvalue weighted by molar-refractivity contribution is -0.142. The molecule has 3 atom stereocenters. The van der Waals surface area contributed by atoms with Crippen LogP contribution in [-0.4, -0.2) is 24.5 Å². The molecule has 1 saturated heterocycles. The second-order valence-corrected chi connectivity index (χ2v) is 7.24. The number of hydrogen-bond donors (Lipinski definition) is 1. The van der Waals surface area contributed by atoms with Crippen LogP contribution in [-0.2, 0) is 9.47 Å². The summed E-state index contributed by atoms with van der Waals surface area (Å²) in [7, 11) is 0. The molecule has 1 heterocycles. The highest BCUT2D eigenvalue weighted by atomic mass is 16.7. The molecule has 1 fully saturated rings. The van der Waals surface area contributed by atoms with Gasteiger partial charge in [-0.2, -0.15) is 0 Å². The van der Waals surface area contributed by atoms with Crippen LogP contribution in [0.4, 0.5) is 0 Å². The Morgan fingerprint density at radius 3 is 2.36 bits per heavy atom. The highest BCUT2D eigenvalue weighted by Gasteiger charge is 2.37. The zero-order valence-electron chi connectivity index (χ0n) is 14.6. The van der Waals surface area contributed by atoms with Crippen LogP contribution in [0, 0.1) is 5.92 Å². The Bertz CT molecular complexity index is 444. The average molecular weight is 305 g/mol. The van der Waals surface area contributed by atoms with Crippen molar-refractivity contribution >= 4 is 0 Å². The van der Waals surface area contributed by atoms with Gasteiger partial charge in [0.2, 0.25) is 0 Å².